The van der Waals surface area contributed by atoms with Gasteiger partial charge in [-0.05, 0) is 44.0 Å². The van der Waals surface area contributed by atoms with Crippen molar-refractivity contribution >= 4 is 23.5 Å². The van der Waals surface area contributed by atoms with Crippen molar-refractivity contribution < 1.29 is 23.6 Å². The minimum absolute atomic E-state index is 0.141. The number of hydrogen-bond donors (Lipinski definition) is 1. The summed E-state index contributed by atoms with van der Waals surface area (Å²) in [5.74, 6) is 0.310. The van der Waals surface area contributed by atoms with Gasteiger partial charge in [0, 0.05) is 17.3 Å². The van der Waals surface area contributed by atoms with Crippen LogP contribution in [0.25, 0.3) is 11.4 Å². The summed E-state index contributed by atoms with van der Waals surface area (Å²) in [5, 5.41) is 6.83. The van der Waals surface area contributed by atoms with Crippen LogP contribution in [0.2, 0.25) is 0 Å². The number of urea groups is 1. The maximum atomic E-state index is 13.5. The number of anilines is 1. The van der Waals surface area contributed by atoms with Crippen LogP contribution in [0.1, 0.15) is 38.5 Å². The topological polar surface area (TPSA) is 118 Å². The first-order valence-corrected chi connectivity index (χ1v) is 12.6. The number of carbonyl (C=O) groups excluding carboxylic acids is 3. The molecule has 1 saturated carbocycles. The van der Waals surface area contributed by atoms with Crippen LogP contribution < -0.4 is 10.1 Å². The van der Waals surface area contributed by atoms with E-state index in [0.29, 0.717) is 36.7 Å². The lowest BCUT2D eigenvalue weighted by molar-refractivity contribution is -0.142. The third-order valence-corrected chi connectivity index (χ3v) is 6.75. The molecule has 0 radical (unpaired) electrons. The first kappa shape index (κ1) is 24.5. The average Bonchev–Trinajstić information content (AvgIpc) is 3.40. The van der Waals surface area contributed by atoms with Crippen LogP contribution >= 0.6 is 0 Å². The minimum Gasteiger partial charge on any atom is -0.494 e. The highest BCUT2D eigenvalue weighted by molar-refractivity contribution is 6.01. The fourth-order valence-electron chi connectivity index (χ4n) is 5.01. The smallest absolute Gasteiger partial charge is 0.327 e. The lowest BCUT2D eigenvalue weighted by atomic mass is 9.81. The summed E-state index contributed by atoms with van der Waals surface area (Å²) >= 11 is 0. The van der Waals surface area contributed by atoms with Crippen molar-refractivity contribution in [2.45, 2.75) is 45.2 Å². The van der Waals surface area contributed by atoms with E-state index in [1.165, 1.54) is 4.90 Å². The number of amides is 4. The molecule has 1 aliphatic carbocycles. The SMILES string of the molecule is CCOc1ccc(NC(=O)CN2C(=O)N(Cc3nc(-c4ccccc4)no3)C(=O)C3CCCCC32)cc1. The third-order valence-electron chi connectivity index (χ3n) is 6.75. The summed E-state index contributed by atoms with van der Waals surface area (Å²) in [4.78, 5) is 46.8. The maximum Gasteiger partial charge on any atom is 0.327 e. The van der Waals surface area contributed by atoms with E-state index in [1.54, 1.807) is 24.3 Å². The van der Waals surface area contributed by atoms with Gasteiger partial charge in [-0.25, -0.2) is 4.79 Å². The highest BCUT2D eigenvalue weighted by Gasteiger charge is 2.47. The molecule has 10 nitrogen and oxygen atoms in total. The first-order chi connectivity index (χ1) is 18.0. The van der Waals surface area contributed by atoms with Gasteiger partial charge in [-0.2, -0.15) is 4.98 Å². The maximum absolute atomic E-state index is 13.5. The standard InChI is InChI=1S/C27H29N5O5/c1-2-36-20-14-12-19(13-15-20)28-23(33)16-31-22-11-7-6-10-21(22)26(34)32(27(31)35)17-24-29-25(30-37-24)18-8-4-3-5-9-18/h3-5,8-9,12-15,21-22H,2,6-7,10-11,16-17H2,1H3,(H,28,33). The lowest BCUT2D eigenvalue weighted by Crippen LogP contribution is -2.63. The second-order valence-electron chi connectivity index (χ2n) is 9.18. The number of rotatable bonds is 8. The van der Waals surface area contributed by atoms with Crippen molar-refractivity contribution in [1.29, 1.82) is 0 Å². The molecule has 2 unspecified atom stereocenters. The van der Waals surface area contributed by atoms with Crippen molar-refractivity contribution in [3.8, 4) is 17.1 Å². The number of aromatic nitrogens is 2. The van der Waals surface area contributed by atoms with Gasteiger partial charge in [0.25, 0.3) is 0 Å². The van der Waals surface area contributed by atoms with Gasteiger partial charge in [-0.1, -0.05) is 48.3 Å². The number of nitrogens with zero attached hydrogens (tertiary/aromatic N) is 4. The van der Waals surface area contributed by atoms with E-state index in [-0.39, 0.29) is 42.8 Å². The third kappa shape index (κ3) is 5.32. The number of fused-ring (bicyclic) bond motifs is 1. The molecule has 0 spiro atoms. The van der Waals surface area contributed by atoms with E-state index in [0.717, 1.165) is 23.3 Å². The molecule has 2 fully saturated rings. The van der Waals surface area contributed by atoms with Crippen LogP contribution in [-0.2, 0) is 16.1 Å². The summed E-state index contributed by atoms with van der Waals surface area (Å²) in [6, 6.07) is 15.5. The second-order valence-corrected chi connectivity index (χ2v) is 9.18. The summed E-state index contributed by atoms with van der Waals surface area (Å²) in [7, 11) is 0. The fourth-order valence-corrected chi connectivity index (χ4v) is 5.01. The zero-order valence-corrected chi connectivity index (χ0v) is 20.6. The molecule has 192 valence electrons. The van der Waals surface area contributed by atoms with Gasteiger partial charge >= 0.3 is 6.03 Å². The van der Waals surface area contributed by atoms with Gasteiger partial charge in [-0.3, -0.25) is 14.5 Å². The highest BCUT2D eigenvalue weighted by atomic mass is 16.5. The van der Waals surface area contributed by atoms with Crippen LogP contribution in [0.15, 0.2) is 59.1 Å². The van der Waals surface area contributed by atoms with Crippen LogP contribution in [0, 0.1) is 5.92 Å². The lowest BCUT2D eigenvalue weighted by Gasteiger charge is -2.46. The Kier molecular flexibility index (Phi) is 7.16. The molecular formula is C27H29N5O5. The molecule has 0 bridgehead atoms. The average molecular weight is 504 g/mol. The Morgan fingerprint density at radius 2 is 1.84 bits per heavy atom. The van der Waals surface area contributed by atoms with Crippen molar-refractivity contribution in [3.63, 3.8) is 0 Å². The van der Waals surface area contributed by atoms with Gasteiger partial charge in [0.05, 0.1) is 12.5 Å². The highest BCUT2D eigenvalue weighted by Crippen LogP contribution is 2.35. The Hall–Kier alpha value is -4.21. The number of carbonyl (C=O) groups is 3. The Labute approximate surface area is 214 Å². The molecule has 2 atom stereocenters. The summed E-state index contributed by atoms with van der Waals surface area (Å²) in [6.45, 7) is 2.16. The quantitative estimate of drug-likeness (QED) is 0.492. The first-order valence-electron chi connectivity index (χ1n) is 12.6. The molecule has 1 aromatic heterocycles. The van der Waals surface area contributed by atoms with Crippen molar-refractivity contribution in [2.24, 2.45) is 5.92 Å². The summed E-state index contributed by atoms with van der Waals surface area (Å²) in [5.41, 5.74) is 1.37. The Balaban J connectivity index is 1.31. The van der Waals surface area contributed by atoms with Gasteiger partial charge in [0.1, 0.15) is 18.8 Å². The van der Waals surface area contributed by atoms with Crippen molar-refractivity contribution in [3.05, 3.63) is 60.5 Å². The Morgan fingerprint density at radius 1 is 1.08 bits per heavy atom. The molecule has 1 aliphatic heterocycles. The Bertz CT molecular complexity index is 1260. The van der Waals surface area contributed by atoms with Gasteiger partial charge in [0.15, 0.2) is 0 Å². The van der Waals surface area contributed by atoms with Crippen molar-refractivity contribution in [2.75, 3.05) is 18.5 Å². The fraction of sp³-hybridized carbons (Fsp3) is 0.370. The number of hydrogen-bond acceptors (Lipinski definition) is 7. The van der Waals surface area contributed by atoms with E-state index >= 15 is 0 Å². The molecule has 2 heterocycles. The van der Waals surface area contributed by atoms with Crippen LogP contribution in [0.4, 0.5) is 10.5 Å². The zero-order chi connectivity index (χ0) is 25.8. The predicted octanol–water partition coefficient (Wildman–Crippen LogP) is 4.10. The van der Waals surface area contributed by atoms with Crippen LogP contribution in [0.3, 0.4) is 0 Å². The van der Waals surface area contributed by atoms with Crippen molar-refractivity contribution in [1.82, 2.24) is 19.9 Å². The Morgan fingerprint density at radius 3 is 2.59 bits per heavy atom. The monoisotopic (exact) mass is 503 g/mol. The molecule has 1 saturated heterocycles. The predicted molar refractivity (Wildman–Crippen MR) is 134 cm³/mol. The van der Waals surface area contributed by atoms with E-state index in [2.05, 4.69) is 15.5 Å². The molecule has 2 aromatic carbocycles. The number of ether oxygens (including phenoxy) is 1. The summed E-state index contributed by atoms with van der Waals surface area (Å²) < 4.78 is 10.8. The largest absolute Gasteiger partial charge is 0.494 e. The number of imide groups is 1. The molecular weight excluding hydrogens is 474 g/mol. The molecule has 5 rings (SSSR count). The normalized spacial score (nSPS) is 19.5. The molecule has 4 amide bonds. The molecule has 2 aliphatic rings. The molecule has 3 aromatic rings. The van der Waals surface area contributed by atoms with E-state index in [4.69, 9.17) is 9.26 Å². The molecule has 1 N–H and O–H groups in total. The summed E-state index contributed by atoms with van der Waals surface area (Å²) in [6.07, 6.45) is 3.16. The number of benzene rings is 2. The van der Waals surface area contributed by atoms with Gasteiger partial charge in [-0.15, -0.1) is 0 Å². The second kappa shape index (κ2) is 10.8. The molecule has 37 heavy (non-hydrogen) atoms. The van der Waals surface area contributed by atoms with E-state index in [9.17, 15) is 14.4 Å². The van der Waals surface area contributed by atoms with E-state index in [1.807, 2.05) is 37.3 Å². The van der Waals surface area contributed by atoms with Crippen LogP contribution in [0.5, 0.6) is 5.75 Å². The van der Waals surface area contributed by atoms with E-state index < -0.39 is 6.03 Å². The van der Waals surface area contributed by atoms with Gasteiger partial charge in [0.2, 0.25) is 23.5 Å². The number of nitrogens with one attached hydrogen (secondary N) is 1. The molecule has 10 heteroatoms. The zero-order valence-electron chi connectivity index (χ0n) is 20.6. The minimum atomic E-state index is -0.519. The van der Waals surface area contributed by atoms with Gasteiger partial charge < -0.3 is 19.5 Å². The van der Waals surface area contributed by atoms with Crippen LogP contribution in [-0.4, -0.2) is 57.0 Å².